The van der Waals surface area contributed by atoms with Crippen LogP contribution in [0.1, 0.15) is 51.5 Å². The summed E-state index contributed by atoms with van der Waals surface area (Å²) in [5.74, 6) is 0.801. The lowest BCUT2D eigenvalue weighted by Crippen LogP contribution is -2.55. The zero-order valence-corrected chi connectivity index (χ0v) is 19.0. The second-order valence-corrected chi connectivity index (χ2v) is 9.86. The van der Waals surface area contributed by atoms with E-state index in [2.05, 4.69) is 34.0 Å². The van der Waals surface area contributed by atoms with Gasteiger partial charge in [-0.15, -0.1) is 0 Å². The van der Waals surface area contributed by atoms with Gasteiger partial charge in [-0.05, 0) is 55.7 Å². The van der Waals surface area contributed by atoms with Gasteiger partial charge in [-0.2, -0.15) is 13.2 Å². The van der Waals surface area contributed by atoms with Gasteiger partial charge in [0.15, 0.2) is 5.78 Å². The van der Waals surface area contributed by atoms with Crippen LogP contribution >= 0.6 is 0 Å². The summed E-state index contributed by atoms with van der Waals surface area (Å²) in [5.41, 5.74) is -0.934. The number of Topliss-reactive ketones (excluding diaryl/α,β-unsaturated/α-hetero) is 1. The second-order valence-electron chi connectivity index (χ2n) is 9.86. The third-order valence-electron chi connectivity index (χ3n) is 7.33. The summed E-state index contributed by atoms with van der Waals surface area (Å²) in [6, 6.07) is 3.78. The first-order valence-corrected chi connectivity index (χ1v) is 11.6. The molecule has 0 radical (unpaired) electrons. The van der Waals surface area contributed by atoms with Crippen molar-refractivity contribution in [1.82, 2.24) is 14.9 Å². The molecular weight excluding hydrogens is 433 g/mol. The minimum atomic E-state index is -4.46. The highest BCUT2D eigenvalue weighted by molar-refractivity contribution is 5.91. The van der Waals surface area contributed by atoms with Crippen LogP contribution in [0.15, 0.2) is 24.5 Å². The van der Waals surface area contributed by atoms with E-state index in [1.807, 2.05) is 0 Å². The molecule has 1 saturated carbocycles. The smallest absolute Gasteiger partial charge is 0.390 e. The van der Waals surface area contributed by atoms with Crippen molar-refractivity contribution in [1.29, 1.82) is 0 Å². The molecule has 33 heavy (non-hydrogen) atoms. The number of hydrogen-bond donors (Lipinski definition) is 2. The highest BCUT2D eigenvalue weighted by Gasteiger charge is 2.40. The van der Waals surface area contributed by atoms with E-state index in [-0.39, 0.29) is 29.4 Å². The number of halogens is 3. The number of alkyl halides is 3. The highest BCUT2D eigenvalue weighted by Crippen LogP contribution is 2.38. The van der Waals surface area contributed by atoms with Crippen molar-refractivity contribution in [2.24, 2.45) is 11.8 Å². The molecule has 0 unspecified atom stereocenters. The minimum Gasteiger partial charge on any atom is -0.390 e. The predicted octanol–water partition coefficient (Wildman–Crippen LogP) is 4.28. The van der Waals surface area contributed by atoms with E-state index in [9.17, 15) is 23.1 Å². The van der Waals surface area contributed by atoms with Gasteiger partial charge in [0.1, 0.15) is 12.1 Å². The number of fused-ring (bicyclic) bond motifs is 1. The number of rotatable bonds is 7. The quantitative estimate of drug-likeness (QED) is 0.637. The molecule has 0 spiro atoms. The highest BCUT2D eigenvalue weighted by atomic mass is 19.4. The molecule has 1 aliphatic carbocycles. The molecule has 4 rings (SSSR count). The first-order chi connectivity index (χ1) is 15.5. The minimum absolute atomic E-state index is 0.0104. The molecule has 2 aliphatic rings. The van der Waals surface area contributed by atoms with Crippen molar-refractivity contribution >= 4 is 22.5 Å². The Bertz CT molecular complexity index is 997. The van der Waals surface area contributed by atoms with E-state index >= 15 is 0 Å². The van der Waals surface area contributed by atoms with E-state index in [1.165, 1.54) is 12.4 Å². The van der Waals surface area contributed by atoms with Crippen LogP contribution in [0, 0.1) is 11.8 Å². The van der Waals surface area contributed by atoms with Gasteiger partial charge in [-0.1, -0.05) is 13.8 Å². The topological polar surface area (TPSA) is 78.4 Å². The first-order valence-electron chi connectivity index (χ1n) is 11.6. The lowest BCUT2D eigenvalue weighted by molar-refractivity contribution is -0.137. The molecule has 1 saturated heterocycles. The van der Waals surface area contributed by atoms with E-state index in [4.69, 9.17) is 0 Å². The standard InChI is InChI=1S/C24H31F3N4O2/c1-15(2)23(33)7-5-18(6-8-23)31-12-16(13-31)9-19(32)11-28-22-20-10-17(24(25,26)27)3-4-21(20)29-14-30-22/h3-4,10,14-16,18,33H,5-9,11-13H2,1-2H3,(H,28,29,30). The monoisotopic (exact) mass is 464 g/mol. The number of nitrogens with one attached hydrogen (secondary N) is 1. The fourth-order valence-corrected chi connectivity index (χ4v) is 5.03. The van der Waals surface area contributed by atoms with Gasteiger partial charge in [0.2, 0.25) is 0 Å². The summed E-state index contributed by atoms with van der Waals surface area (Å²) < 4.78 is 39.2. The van der Waals surface area contributed by atoms with Gasteiger partial charge in [0.05, 0.1) is 23.2 Å². The fourth-order valence-electron chi connectivity index (χ4n) is 5.03. The van der Waals surface area contributed by atoms with Crippen LogP contribution in [-0.2, 0) is 11.0 Å². The number of aliphatic hydroxyl groups is 1. The van der Waals surface area contributed by atoms with Crippen LogP contribution in [0.4, 0.5) is 19.0 Å². The number of anilines is 1. The molecule has 6 nitrogen and oxygen atoms in total. The van der Waals surface area contributed by atoms with Crippen LogP contribution < -0.4 is 5.32 Å². The number of hydrogen-bond acceptors (Lipinski definition) is 6. The number of carbonyl (C=O) groups excluding carboxylic acids is 1. The van der Waals surface area contributed by atoms with Crippen molar-refractivity contribution in [3.05, 3.63) is 30.1 Å². The summed E-state index contributed by atoms with van der Waals surface area (Å²) in [5, 5.41) is 13.8. The zero-order valence-electron chi connectivity index (χ0n) is 19.0. The van der Waals surface area contributed by atoms with Crippen molar-refractivity contribution in [2.45, 2.75) is 63.8 Å². The number of likely N-dealkylation sites (tertiary alicyclic amines) is 1. The Hall–Kier alpha value is -2.26. The van der Waals surface area contributed by atoms with Gasteiger partial charge in [-0.25, -0.2) is 9.97 Å². The van der Waals surface area contributed by atoms with Gasteiger partial charge in [-0.3, -0.25) is 9.69 Å². The zero-order chi connectivity index (χ0) is 23.8. The van der Waals surface area contributed by atoms with Crippen molar-refractivity contribution in [2.75, 3.05) is 25.0 Å². The lowest BCUT2D eigenvalue weighted by atomic mass is 9.74. The third kappa shape index (κ3) is 5.30. The van der Waals surface area contributed by atoms with Gasteiger partial charge < -0.3 is 10.4 Å². The maximum atomic E-state index is 13.1. The number of benzene rings is 1. The van der Waals surface area contributed by atoms with Crippen molar-refractivity contribution < 1.29 is 23.1 Å². The molecule has 180 valence electrons. The van der Waals surface area contributed by atoms with E-state index in [1.54, 1.807) is 0 Å². The molecule has 9 heteroatoms. The second kappa shape index (κ2) is 9.18. The summed E-state index contributed by atoms with van der Waals surface area (Å²) in [7, 11) is 0. The molecule has 1 aromatic carbocycles. The maximum Gasteiger partial charge on any atom is 0.416 e. The Morgan fingerprint density at radius 1 is 1.24 bits per heavy atom. The Morgan fingerprint density at radius 3 is 2.58 bits per heavy atom. The molecule has 2 N–H and O–H groups in total. The van der Waals surface area contributed by atoms with Crippen LogP contribution in [0.3, 0.4) is 0 Å². The van der Waals surface area contributed by atoms with Gasteiger partial charge in [0, 0.05) is 30.9 Å². The van der Waals surface area contributed by atoms with E-state index in [0.29, 0.717) is 23.9 Å². The van der Waals surface area contributed by atoms with Crippen molar-refractivity contribution in [3.63, 3.8) is 0 Å². The molecule has 2 aromatic rings. The van der Waals surface area contributed by atoms with Gasteiger partial charge >= 0.3 is 6.18 Å². The molecule has 0 bridgehead atoms. The maximum absolute atomic E-state index is 13.1. The first kappa shape index (κ1) is 23.9. The average molecular weight is 465 g/mol. The fraction of sp³-hybridized carbons (Fsp3) is 0.625. The largest absolute Gasteiger partial charge is 0.416 e. The number of aromatic nitrogens is 2. The van der Waals surface area contributed by atoms with Crippen LogP contribution in [0.2, 0.25) is 0 Å². The Morgan fingerprint density at radius 2 is 1.94 bits per heavy atom. The van der Waals surface area contributed by atoms with Crippen molar-refractivity contribution in [3.8, 4) is 0 Å². The van der Waals surface area contributed by atoms with Crippen LogP contribution in [0.25, 0.3) is 10.9 Å². The molecule has 2 heterocycles. The Labute approximate surface area is 191 Å². The van der Waals surface area contributed by atoms with E-state index < -0.39 is 17.3 Å². The molecule has 0 atom stereocenters. The number of carbonyl (C=O) groups is 1. The summed E-state index contributed by atoms with van der Waals surface area (Å²) in [6.45, 7) is 5.91. The molecular formula is C24H31F3N4O2. The van der Waals surface area contributed by atoms with Crippen LogP contribution in [0.5, 0.6) is 0 Å². The summed E-state index contributed by atoms with van der Waals surface area (Å²) in [6.07, 6.45) is 0.860. The lowest BCUT2D eigenvalue weighted by Gasteiger charge is -2.49. The SMILES string of the molecule is CC(C)C1(O)CCC(N2CC(CC(=O)CNc3ncnc4ccc(C(F)(F)F)cc34)C2)CC1. The molecule has 2 fully saturated rings. The van der Waals surface area contributed by atoms with E-state index in [0.717, 1.165) is 50.9 Å². The van der Waals surface area contributed by atoms with Gasteiger partial charge in [0.25, 0.3) is 0 Å². The third-order valence-corrected chi connectivity index (χ3v) is 7.33. The molecule has 1 aliphatic heterocycles. The molecule has 1 aromatic heterocycles. The Kier molecular flexibility index (Phi) is 6.64. The Balaban J connectivity index is 1.26. The predicted molar refractivity (Wildman–Crippen MR) is 120 cm³/mol. The normalized spacial score (nSPS) is 24.8. The number of nitrogens with zero attached hydrogens (tertiary/aromatic N) is 3. The molecule has 0 amide bonds. The summed E-state index contributed by atoms with van der Waals surface area (Å²) >= 11 is 0. The summed E-state index contributed by atoms with van der Waals surface area (Å²) in [4.78, 5) is 22.9. The average Bonchev–Trinajstić information content (AvgIpc) is 2.74. The number of ketones is 1. The van der Waals surface area contributed by atoms with Crippen LogP contribution in [-0.4, -0.2) is 57.0 Å².